The van der Waals surface area contributed by atoms with Crippen molar-refractivity contribution in [1.29, 1.82) is 0 Å². The van der Waals surface area contributed by atoms with Crippen molar-refractivity contribution in [3.05, 3.63) is 28.8 Å². The van der Waals surface area contributed by atoms with Crippen molar-refractivity contribution >= 4 is 27.5 Å². The molecular formula is C8H6BrClF2O. The summed E-state index contributed by atoms with van der Waals surface area (Å²) in [6, 6.07) is 4.64. The van der Waals surface area contributed by atoms with Gasteiger partial charge >= 0.3 is 6.61 Å². The van der Waals surface area contributed by atoms with Crippen LogP contribution in [0.4, 0.5) is 8.78 Å². The highest BCUT2D eigenvalue weighted by Crippen LogP contribution is 2.29. The van der Waals surface area contributed by atoms with Gasteiger partial charge in [0.15, 0.2) is 0 Å². The zero-order valence-corrected chi connectivity index (χ0v) is 8.78. The molecule has 5 heteroatoms. The number of ether oxygens (including phenoxy) is 1. The van der Waals surface area contributed by atoms with Crippen molar-refractivity contribution in [3.8, 4) is 5.75 Å². The molecule has 0 aliphatic carbocycles. The average Bonchev–Trinajstić information content (AvgIpc) is 2.03. The van der Waals surface area contributed by atoms with Crippen molar-refractivity contribution in [1.82, 2.24) is 0 Å². The number of alkyl halides is 3. The minimum Gasteiger partial charge on any atom is -0.434 e. The van der Waals surface area contributed by atoms with E-state index in [4.69, 9.17) is 11.6 Å². The Bertz CT molecular complexity index is 293. The van der Waals surface area contributed by atoms with E-state index in [1.807, 2.05) is 0 Å². The van der Waals surface area contributed by atoms with Crippen LogP contribution in [-0.4, -0.2) is 6.61 Å². The molecule has 0 atom stereocenters. The zero-order valence-electron chi connectivity index (χ0n) is 6.44. The third kappa shape index (κ3) is 2.81. The number of halogens is 4. The molecule has 0 aromatic heterocycles. The third-order valence-corrected chi connectivity index (χ3v) is 2.34. The van der Waals surface area contributed by atoms with Gasteiger partial charge in [0.05, 0.1) is 0 Å². The Hall–Kier alpha value is -0.350. The van der Waals surface area contributed by atoms with Crippen LogP contribution in [0.15, 0.2) is 18.2 Å². The second kappa shape index (κ2) is 4.77. The minimum atomic E-state index is -2.82. The van der Waals surface area contributed by atoms with E-state index < -0.39 is 6.61 Å². The fourth-order valence-electron chi connectivity index (χ4n) is 0.875. The fraction of sp³-hybridized carbons (Fsp3) is 0.250. The molecule has 1 aromatic carbocycles. The van der Waals surface area contributed by atoms with E-state index in [0.717, 1.165) is 0 Å². The second-order valence-electron chi connectivity index (χ2n) is 2.23. The standard InChI is InChI=1S/C8H6BrClF2O/c9-4-5-6(10)2-1-3-7(5)13-8(11)12/h1-3,8H,4H2. The first-order valence-corrected chi connectivity index (χ1v) is 4.93. The maximum atomic E-state index is 11.9. The Labute approximate surface area is 87.8 Å². The van der Waals surface area contributed by atoms with Gasteiger partial charge in [-0.2, -0.15) is 8.78 Å². The van der Waals surface area contributed by atoms with E-state index in [0.29, 0.717) is 15.9 Å². The molecule has 0 heterocycles. The highest BCUT2D eigenvalue weighted by Gasteiger charge is 2.10. The Balaban J connectivity index is 2.98. The Morgan fingerprint density at radius 1 is 1.46 bits per heavy atom. The van der Waals surface area contributed by atoms with Crippen LogP contribution in [0.2, 0.25) is 5.02 Å². The summed E-state index contributed by atoms with van der Waals surface area (Å²) in [6.07, 6.45) is 0. The molecule has 0 saturated heterocycles. The molecule has 1 rings (SSSR count). The molecule has 0 amide bonds. The quantitative estimate of drug-likeness (QED) is 0.759. The lowest BCUT2D eigenvalue weighted by Gasteiger charge is -2.09. The highest BCUT2D eigenvalue weighted by atomic mass is 79.9. The number of hydrogen-bond acceptors (Lipinski definition) is 1. The van der Waals surface area contributed by atoms with Crippen molar-refractivity contribution in [2.45, 2.75) is 11.9 Å². The number of hydrogen-bond donors (Lipinski definition) is 0. The zero-order chi connectivity index (χ0) is 9.84. The van der Waals surface area contributed by atoms with Crippen LogP contribution < -0.4 is 4.74 Å². The van der Waals surface area contributed by atoms with Gasteiger partial charge in [0.1, 0.15) is 5.75 Å². The van der Waals surface area contributed by atoms with Gasteiger partial charge in [-0.3, -0.25) is 0 Å². The Kier molecular flexibility index (Phi) is 3.93. The summed E-state index contributed by atoms with van der Waals surface area (Å²) in [7, 11) is 0. The molecule has 1 aromatic rings. The lowest BCUT2D eigenvalue weighted by atomic mass is 10.2. The second-order valence-corrected chi connectivity index (χ2v) is 3.20. The summed E-state index contributed by atoms with van der Waals surface area (Å²) in [5.74, 6) is 0.111. The molecule has 0 spiro atoms. The average molecular weight is 271 g/mol. The molecule has 0 radical (unpaired) electrons. The normalized spacial score (nSPS) is 10.5. The molecule has 13 heavy (non-hydrogen) atoms. The molecule has 1 nitrogen and oxygen atoms in total. The van der Waals surface area contributed by atoms with Crippen molar-refractivity contribution in [2.75, 3.05) is 0 Å². The van der Waals surface area contributed by atoms with Gasteiger partial charge in [0.2, 0.25) is 0 Å². The van der Waals surface area contributed by atoms with E-state index in [2.05, 4.69) is 20.7 Å². The van der Waals surface area contributed by atoms with Gasteiger partial charge in [-0.15, -0.1) is 0 Å². The van der Waals surface area contributed by atoms with E-state index in [1.54, 1.807) is 12.1 Å². The van der Waals surface area contributed by atoms with Gasteiger partial charge in [0.25, 0.3) is 0 Å². The highest BCUT2D eigenvalue weighted by molar-refractivity contribution is 9.08. The largest absolute Gasteiger partial charge is 0.434 e. The molecule has 0 unspecified atom stereocenters. The first-order chi connectivity index (χ1) is 6.15. The van der Waals surface area contributed by atoms with Gasteiger partial charge in [-0.05, 0) is 12.1 Å². The van der Waals surface area contributed by atoms with Crippen LogP contribution in [0.5, 0.6) is 5.75 Å². The SMILES string of the molecule is FC(F)Oc1cccc(Cl)c1CBr. The molecule has 0 aliphatic heterocycles. The Morgan fingerprint density at radius 3 is 2.69 bits per heavy atom. The molecule has 0 fully saturated rings. The molecule has 0 aliphatic rings. The topological polar surface area (TPSA) is 9.23 Å². The number of benzene rings is 1. The lowest BCUT2D eigenvalue weighted by molar-refractivity contribution is -0.0503. The van der Waals surface area contributed by atoms with Gasteiger partial charge in [-0.25, -0.2) is 0 Å². The maximum absolute atomic E-state index is 11.9. The third-order valence-electron chi connectivity index (χ3n) is 1.43. The van der Waals surface area contributed by atoms with Crippen LogP contribution in [-0.2, 0) is 5.33 Å². The minimum absolute atomic E-state index is 0.111. The van der Waals surface area contributed by atoms with E-state index in [9.17, 15) is 8.78 Å². The van der Waals surface area contributed by atoms with Crippen molar-refractivity contribution in [3.63, 3.8) is 0 Å². The van der Waals surface area contributed by atoms with Crippen molar-refractivity contribution < 1.29 is 13.5 Å². The first kappa shape index (κ1) is 10.7. The summed E-state index contributed by atoms with van der Waals surface area (Å²) in [4.78, 5) is 0. The van der Waals surface area contributed by atoms with Crippen LogP contribution in [0, 0.1) is 0 Å². The van der Waals surface area contributed by atoms with Crippen molar-refractivity contribution in [2.24, 2.45) is 0 Å². The molecule has 72 valence electrons. The van der Waals surface area contributed by atoms with Crippen LogP contribution in [0.3, 0.4) is 0 Å². The molecular weight excluding hydrogens is 265 g/mol. The van der Waals surface area contributed by atoms with E-state index in [-0.39, 0.29) is 5.75 Å². The smallest absolute Gasteiger partial charge is 0.387 e. The fourth-order valence-corrected chi connectivity index (χ4v) is 1.85. The summed E-state index contributed by atoms with van der Waals surface area (Å²) in [6.45, 7) is -2.82. The number of rotatable bonds is 3. The predicted molar refractivity (Wildman–Crippen MR) is 50.7 cm³/mol. The van der Waals surface area contributed by atoms with E-state index in [1.165, 1.54) is 6.07 Å². The van der Waals surface area contributed by atoms with E-state index >= 15 is 0 Å². The molecule has 0 N–H and O–H groups in total. The first-order valence-electron chi connectivity index (χ1n) is 3.43. The molecule has 0 bridgehead atoms. The Morgan fingerprint density at radius 2 is 2.15 bits per heavy atom. The van der Waals surface area contributed by atoms with Crippen LogP contribution in [0.1, 0.15) is 5.56 Å². The van der Waals surface area contributed by atoms with Gasteiger partial charge < -0.3 is 4.74 Å². The monoisotopic (exact) mass is 270 g/mol. The maximum Gasteiger partial charge on any atom is 0.387 e. The summed E-state index contributed by atoms with van der Waals surface area (Å²) < 4.78 is 28.0. The van der Waals surface area contributed by atoms with Crippen LogP contribution in [0.25, 0.3) is 0 Å². The van der Waals surface area contributed by atoms with Crippen LogP contribution >= 0.6 is 27.5 Å². The van der Waals surface area contributed by atoms with Gasteiger partial charge in [0, 0.05) is 15.9 Å². The predicted octanol–water partition coefficient (Wildman–Crippen LogP) is 3.84. The lowest BCUT2D eigenvalue weighted by Crippen LogP contribution is -2.03. The summed E-state index contributed by atoms with van der Waals surface area (Å²) >= 11 is 8.90. The van der Waals surface area contributed by atoms with Gasteiger partial charge in [-0.1, -0.05) is 33.6 Å². The summed E-state index contributed by atoms with van der Waals surface area (Å²) in [5, 5.41) is 0.796. The molecule has 0 saturated carbocycles. The summed E-state index contributed by atoms with van der Waals surface area (Å²) in [5.41, 5.74) is 0.532.